The lowest BCUT2D eigenvalue weighted by atomic mass is 9.98. The molecule has 0 saturated carbocycles. The van der Waals surface area contributed by atoms with Gasteiger partial charge in [0.25, 0.3) is 5.91 Å². The molecular weight excluding hydrogens is 390 g/mol. The van der Waals surface area contributed by atoms with Gasteiger partial charge in [-0.2, -0.15) is 0 Å². The van der Waals surface area contributed by atoms with Crippen LogP contribution in [0.15, 0.2) is 72.8 Å². The monoisotopic (exact) mass is 417 g/mol. The maximum atomic E-state index is 13.0. The van der Waals surface area contributed by atoms with Crippen molar-refractivity contribution < 1.29 is 19.0 Å². The van der Waals surface area contributed by atoms with Crippen molar-refractivity contribution in [3.63, 3.8) is 0 Å². The minimum Gasteiger partial charge on any atom is -0.497 e. The van der Waals surface area contributed by atoms with Crippen LogP contribution in [0, 0.1) is 0 Å². The number of carbonyl (C=O) groups excluding carboxylic acids is 1. The van der Waals surface area contributed by atoms with Crippen LogP contribution in [0.5, 0.6) is 17.2 Å². The molecule has 1 heterocycles. The molecule has 1 amide bonds. The van der Waals surface area contributed by atoms with Crippen molar-refractivity contribution in [2.24, 2.45) is 0 Å². The topological polar surface area (TPSA) is 56.8 Å². The quantitative estimate of drug-likeness (QED) is 0.590. The van der Waals surface area contributed by atoms with Crippen LogP contribution in [0.25, 0.3) is 0 Å². The lowest BCUT2D eigenvalue weighted by Gasteiger charge is -2.21. The molecule has 1 aliphatic heterocycles. The molecule has 0 fully saturated rings. The number of rotatable bonds is 7. The molecule has 3 aromatic rings. The van der Waals surface area contributed by atoms with Gasteiger partial charge in [-0.3, -0.25) is 4.79 Å². The number of hydrogen-bond donors (Lipinski definition) is 1. The molecule has 3 aromatic carbocycles. The molecular formula is C26H27NO4. The molecule has 1 N–H and O–H groups in total. The number of carbonyl (C=O) groups is 1. The van der Waals surface area contributed by atoms with Crippen LogP contribution >= 0.6 is 0 Å². The van der Waals surface area contributed by atoms with Gasteiger partial charge in [0.2, 0.25) is 0 Å². The second-order valence-electron chi connectivity index (χ2n) is 7.54. The highest BCUT2D eigenvalue weighted by Gasteiger charge is 2.19. The number of fused-ring (bicyclic) bond motifs is 1. The molecule has 160 valence electrons. The molecule has 31 heavy (non-hydrogen) atoms. The fourth-order valence-electron chi connectivity index (χ4n) is 3.66. The maximum absolute atomic E-state index is 13.0. The van der Waals surface area contributed by atoms with Gasteiger partial charge in [-0.05, 0) is 60.4 Å². The Morgan fingerprint density at radius 2 is 1.71 bits per heavy atom. The van der Waals surface area contributed by atoms with Gasteiger partial charge in [0.05, 0.1) is 26.4 Å². The van der Waals surface area contributed by atoms with Gasteiger partial charge in [-0.1, -0.05) is 36.4 Å². The lowest BCUT2D eigenvalue weighted by Crippen LogP contribution is -2.29. The van der Waals surface area contributed by atoms with E-state index in [1.807, 2.05) is 36.4 Å². The largest absolute Gasteiger partial charge is 0.497 e. The summed E-state index contributed by atoms with van der Waals surface area (Å²) in [6, 6.07) is 23.2. The van der Waals surface area contributed by atoms with Gasteiger partial charge in [0, 0.05) is 12.0 Å². The number of amides is 1. The second-order valence-corrected chi connectivity index (χ2v) is 7.54. The van der Waals surface area contributed by atoms with E-state index < -0.39 is 0 Å². The van der Waals surface area contributed by atoms with Crippen molar-refractivity contribution in [3.05, 3.63) is 89.5 Å². The summed E-state index contributed by atoms with van der Waals surface area (Å²) in [5.74, 6) is 2.09. The Labute approximate surface area is 183 Å². The molecule has 1 atom stereocenters. The fraction of sp³-hybridized carbons (Fsp3) is 0.269. The molecule has 1 unspecified atom stereocenters. The van der Waals surface area contributed by atoms with Crippen molar-refractivity contribution in [1.82, 2.24) is 5.32 Å². The van der Waals surface area contributed by atoms with E-state index in [4.69, 9.17) is 14.2 Å². The lowest BCUT2D eigenvalue weighted by molar-refractivity contribution is 0.0934. The summed E-state index contributed by atoms with van der Waals surface area (Å²) < 4.78 is 16.8. The van der Waals surface area contributed by atoms with Gasteiger partial charge in [0.1, 0.15) is 5.75 Å². The third-order valence-corrected chi connectivity index (χ3v) is 5.40. The predicted molar refractivity (Wildman–Crippen MR) is 120 cm³/mol. The first-order valence-corrected chi connectivity index (χ1v) is 10.6. The Morgan fingerprint density at radius 3 is 2.45 bits per heavy atom. The zero-order valence-electron chi connectivity index (χ0n) is 17.7. The van der Waals surface area contributed by atoms with E-state index in [0.29, 0.717) is 18.8 Å². The first kappa shape index (κ1) is 20.8. The Bertz CT molecular complexity index is 1000. The van der Waals surface area contributed by atoms with Crippen molar-refractivity contribution in [2.75, 3.05) is 20.3 Å². The number of methoxy groups -OCH3 is 1. The summed E-state index contributed by atoms with van der Waals surface area (Å²) in [5, 5.41) is 3.20. The first-order valence-electron chi connectivity index (χ1n) is 10.6. The highest BCUT2D eigenvalue weighted by molar-refractivity contribution is 5.94. The van der Waals surface area contributed by atoms with Crippen LogP contribution in [-0.2, 0) is 6.42 Å². The summed E-state index contributed by atoms with van der Waals surface area (Å²) in [4.78, 5) is 13.0. The van der Waals surface area contributed by atoms with Crippen molar-refractivity contribution in [3.8, 4) is 17.2 Å². The van der Waals surface area contributed by atoms with E-state index in [1.54, 1.807) is 31.4 Å². The third-order valence-electron chi connectivity index (χ3n) is 5.40. The minimum atomic E-state index is -0.160. The van der Waals surface area contributed by atoms with Crippen LogP contribution in [0.4, 0.5) is 0 Å². The molecule has 1 aliphatic rings. The van der Waals surface area contributed by atoms with Crippen LogP contribution in [0.1, 0.15) is 40.4 Å². The molecule has 0 aromatic heterocycles. The fourth-order valence-corrected chi connectivity index (χ4v) is 3.66. The Balaban J connectivity index is 1.56. The molecule has 0 aliphatic carbocycles. The molecule has 0 saturated heterocycles. The van der Waals surface area contributed by atoms with E-state index >= 15 is 0 Å². The van der Waals surface area contributed by atoms with Gasteiger partial charge in [0.15, 0.2) is 11.5 Å². The number of ether oxygens (including phenoxy) is 3. The molecule has 0 radical (unpaired) electrons. The molecule has 4 rings (SSSR count). The minimum absolute atomic E-state index is 0.118. The van der Waals surface area contributed by atoms with Crippen molar-refractivity contribution in [1.29, 1.82) is 0 Å². The number of benzene rings is 3. The number of hydrogen-bond acceptors (Lipinski definition) is 4. The summed E-state index contributed by atoms with van der Waals surface area (Å²) in [5.41, 5.74) is 2.84. The van der Waals surface area contributed by atoms with Gasteiger partial charge >= 0.3 is 0 Å². The van der Waals surface area contributed by atoms with Gasteiger partial charge < -0.3 is 19.5 Å². The maximum Gasteiger partial charge on any atom is 0.251 e. The van der Waals surface area contributed by atoms with Crippen LogP contribution in [-0.4, -0.2) is 26.2 Å². The standard InChI is InChI=1S/C26H27NO4/c1-29-22-12-9-20(10-13-22)26(28)27-23(14-8-19-6-3-2-4-7-19)21-11-15-24-25(18-21)31-17-5-16-30-24/h2-4,6-7,9-13,15,18,23H,5,8,14,16-17H2,1H3,(H,27,28). The molecule has 5 heteroatoms. The summed E-state index contributed by atoms with van der Waals surface area (Å²) in [6.45, 7) is 1.28. The summed E-state index contributed by atoms with van der Waals surface area (Å²) in [7, 11) is 1.61. The summed E-state index contributed by atoms with van der Waals surface area (Å²) in [6.07, 6.45) is 2.48. The second kappa shape index (κ2) is 10.0. The normalized spacial score (nSPS) is 13.7. The van der Waals surface area contributed by atoms with E-state index in [-0.39, 0.29) is 11.9 Å². The molecule has 5 nitrogen and oxygen atoms in total. The Hall–Kier alpha value is -3.47. The Kier molecular flexibility index (Phi) is 6.72. The highest BCUT2D eigenvalue weighted by Crippen LogP contribution is 2.33. The van der Waals surface area contributed by atoms with Crippen LogP contribution in [0.3, 0.4) is 0 Å². The first-order chi connectivity index (χ1) is 15.2. The third kappa shape index (κ3) is 5.37. The van der Waals surface area contributed by atoms with Gasteiger partial charge in [-0.15, -0.1) is 0 Å². The number of aryl methyl sites for hydroxylation is 1. The van der Waals surface area contributed by atoms with Gasteiger partial charge in [-0.25, -0.2) is 0 Å². The van der Waals surface area contributed by atoms with E-state index in [2.05, 4.69) is 17.4 Å². The zero-order chi connectivity index (χ0) is 21.5. The highest BCUT2D eigenvalue weighted by atomic mass is 16.5. The van der Waals surface area contributed by atoms with Crippen molar-refractivity contribution in [2.45, 2.75) is 25.3 Å². The molecule has 0 spiro atoms. The summed E-state index contributed by atoms with van der Waals surface area (Å²) >= 11 is 0. The van der Waals surface area contributed by atoms with Crippen LogP contribution in [0.2, 0.25) is 0 Å². The zero-order valence-corrected chi connectivity index (χ0v) is 17.7. The molecule has 0 bridgehead atoms. The Morgan fingerprint density at radius 1 is 0.968 bits per heavy atom. The average Bonchev–Trinajstić information content (AvgIpc) is 3.07. The van der Waals surface area contributed by atoms with E-state index in [0.717, 1.165) is 42.1 Å². The SMILES string of the molecule is COc1ccc(C(=O)NC(CCc2ccccc2)c2ccc3c(c2)OCCCO3)cc1. The average molecular weight is 418 g/mol. The van der Waals surface area contributed by atoms with Crippen LogP contribution < -0.4 is 19.5 Å². The predicted octanol–water partition coefficient (Wildman–Crippen LogP) is 4.96. The van der Waals surface area contributed by atoms with E-state index in [9.17, 15) is 4.79 Å². The number of nitrogens with one attached hydrogen (secondary N) is 1. The van der Waals surface area contributed by atoms with E-state index in [1.165, 1.54) is 5.56 Å². The van der Waals surface area contributed by atoms with Crippen molar-refractivity contribution >= 4 is 5.91 Å². The smallest absolute Gasteiger partial charge is 0.251 e.